The third-order valence-electron chi connectivity index (χ3n) is 3.98. The summed E-state index contributed by atoms with van der Waals surface area (Å²) in [6.45, 7) is 6.27. The largest absolute Gasteiger partial charge is 0.528 e. The molecule has 1 unspecified atom stereocenters. The van der Waals surface area contributed by atoms with Gasteiger partial charge in [0.1, 0.15) is 0 Å². The Hall–Kier alpha value is -1.09. The van der Waals surface area contributed by atoms with Gasteiger partial charge in [-0.25, -0.2) is 0 Å². The molecule has 1 aromatic rings. The van der Waals surface area contributed by atoms with Crippen LogP contribution >= 0.6 is 0 Å². The first-order valence-electron chi connectivity index (χ1n) is 6.25. The fraction of sp³-hybridized carbons (Fsp3) is 0.500. The number of carbonyl (C=O) groups is 1. The first-order valence-corrected chi connectivity index (χ1v) is 7.07. The van der Waals surface area contributed by atoms with E-state index >= 15 is 0 Å². The van der Waals surface area contributed by atoms with E-state index in [0.717, 1.165) is 12.8 Å². The van der Waals surface area contributed by atoms with Crippen molar-refractivity contribution in [2.45, 2.75) is 39.5 Å². The van der Waals surface area contributed by atoms with Crippen molar-refractivity contribution in [1.29, 1.82) is 0 Å². The molecule has 0 aliphatic rings. The highest BCUT2D eigenvalue weighted by Crippen LogP contribution is 2.42. The third-order valence-corrected chi connectivity index (χ3v) is 4.35. The van der Waals surface area contributed by atoms with Crippen LogP contribution in [0.1, 0.15) is 45.1 Å². The molecule has 0 radical (unpaired) electrons. The van der Waals surface area contributed by atoms with Crippen molar-refractivity contribution in [3.05, 3.63) is 35.9 Å². The van der Waals surface area contributed by atoms with Gasteiger partial charge in [-0.3, -0.25) is 4.79 Å². The smallest absolute Gasteiger partial charge is 0.298 e. The highest BCUT2D eigenvalue weighted by Gasteiger charge is 2.41. The zero-order valence-corrected chi connectivity index (χ0v) is 13.2. The maximum absolute atomic E-state index is 12.1. The van der Waals surface area contributed by atoms with Gasteiger partial charge in [0.05, 0.1) is 5.41 Å². The molecular weight excluding hydrogens is 228 g/mol. The Labute approximate surface area is 107 Å². The van der Waals surface area contributed by atoms with E-state index in [1.165, 1.54) is 5.56 Å². The van der Waals surface area contributed by atoms with Gasteiger partial charge < -0.3 is 4.43 Å². The van der Waals surface area contributed by atoms with Gasteiger partial charge in [-0.05, 0) is 24.3 Å². The summed E-state index contributed by atoms with van der Waals surface area (Å²) in [5.74, 6) is 0.158. The minimum absolute atomic E-state index is 0.0366. The Balaban J connectivity index is 3.11. The van der Waals surface area contributed by atoms with Crippen LogP contribution in [0.15, 0.2) is 30.3 Å². The summed E-state index contributed by atoms with van der Waals surface area (Å²) in [6, 6.07) is 10.2. The van der Waals surface area contributed by atoms with Crippen LogP contribution in [0.3, 0.4) is 0 Å². The van der Waals surface area contributed by atoms with Crippen molar-refractivity contribution in [2.24, 2.45) is 5.41 Å². The van der Waals surface area contributed by atoms with E-state index in [-0.39, 0.29) is 17.3 Å². The number of hydrogen-bond donors (Lipinski definition) is 0. The monoisotopic (exact) mass is 250 g/mol. The molecule has 17 heavy (non-hydrogen) atoms. The van der Waals surface area contributed by atoms with Crippen LogP contribution in [0.4, 0.5) is 0 Å². The van der Waals surface area contributed by atoms with E-state index < -0.39 is 0 Å². The summed E-state index contributed by atoms with van der Waals surface area (Å²) in [6.07, 6.45) is 1.64. The van der Waals surface area contributed by atoms with E-state index in [1.54, 1.807) is 0 Å². The Morgan fingerprint density at radius 1 is 1.29 bits per heavy atom. The van der Waals surface area contributed by atoms with Gasteiger partial charge >= 0.3 is 0 Å². The summed E-state index contributed by atoms with van der Waals surface area (Å²) < 4.78 is 5.14. The summed E-state index contributed by atoms with van der Waals surface area (Å²) in [7, 11) is 0.471. The second kappa shape index (κ2) is 6.01. The number of rotatable bonds is 5. The fourth-order valence-electron chi connectivity index (χ4n) is 2.59. The van der Waals surface area contributed by atoms with Crippen molar-refractivity contribution < 1.29 is 9.22 Å². The van der Waals surface area contributed by atoms with Crippen molar-refractivity contribution in [1.82, 2.24) is 0 Å². The molecule has 2 nitrogen and oxygen atoms in total. The molecule has 0 heterocycles. The van der Waals surface area contributed by atoms with Gasteiger partial charge in [0, 0.05) is 0 Å². The first-order chi connectivity index (χ1) is 8.12. The zero-order chi connectivity index (χ0) is 12.9. The van der Waals surface area contributed by atoms with Crippen molar-refractivity contribution >= 4 is 16.5 Å². The molecule has 0 amide bonds. The number of benzene rings is 1. The van der Waals surface area contributed by atoms with Crippen molar-refractivity contribution in [2.75, 3.05) is 0 Å². The third kappa shape index (κ3) is 2.60. The van der Waals surface area contributed by atoms with Gasteiger partial charge in [-0.1, -0.05) is 51.1 Å². The van der Waals surface area contributed by atoms with Gasteiger partial charge in [0.15, 0.2) is 0 Å². The molecule has 0 N–H and O–H groups in total. The van der Waals surface area contributed by atoms with Crippen molar-refractivity contribution in [3.8, 4) is 0 Å². The van der Waals surface area contributed by atoms with Crippen LogP contribution < -0.4 is 0 Å². The van der Waals surface area contributed by atoms with Gasteiger partial charge in [0.2, 0.25) is 10.5 Å². The first kappa shape index (κ1) is 14.0. The van der Waals surface area contributed by atoms with Crippen LogP contribution in [-0.4, -0.2) is 16.5 Å². The minimum Gasteiger partial charge on any atom is -0.528 e. The van der Waals surface area contributed by atoms with E-state index in [4.69, 9.17) is 4.43 Å². The number of hydrogen-bond acceptors (Lipinski definition) is 2. The van der Waals surface area contributed by atoms with Crippen molar-refractivity contribution in [3.63, 3.8) is 0 Å². The molecule has 0 bridgehead atoms. The second-order valence-electron chi connectivity index (χ2n) is 4.49. The highest BCUT2D eigenvalue weighted by atomic mass is 28.2. The molecule has 94 valence electrons. The maximum atomic E-state index is 12.1. The molecule has 1 atom stereocenters. The van der Waals surface area contributed by atoms with Crippen LogP contribution in [0.5, 0.6) is 0 Å². The Morgan fingerprint density at radius 2 is 1.82 bits per heavy atom. The average molecular weight is 250 g/mol. The Bertz CT molecular complexity index is 358. The molecule has 3 heteroatoms. The topological polar surface area (TPSA) is 26.3 Å². The lowest BCUT2D eigenvalue weighted by molar-refractivity contribution is -0.147. The minimum atomic E-state index is -0.372. The molecule has 0 spiro atoms. The molecule has 0 saturated heterocycles. The highest BCUT2D eigenvalue weighted by molar-refractivity contribution is 6.06. The summed E-state index contributed by atoms with van der Waals surface area (Å²) >= 11 is 0. The maximum Gasteiger partial charge on any atom is 0.298 e. The number of carbonyl (C=O) groups excluding carboxylic acids is 1. The van der Waals surface area contributed by atoms with Crippen LogP contribution in [-0.2, 0) is 9.22 Å². The van der Waals surface area contributed by atoms with Gasteiger partial charge in [-0.15, -0.1) is 0 Å². The van der Waals surface area contributed by atoms with E-state index in [1.807, 2.05) is 18.2 Å². The zero-order valence-electron chi connectivity index (χ0n) is 11.2. The SMILES string of the molecule is CCC(CC)(C(=O)O[SiH3])C(C)c1ccccc1. The normalized spacial score (nSPS) is 13.4. The molecule has 0 fully saturated rings. The van der Waals surface area contributed by atoms with Crippen LogP contribution in [0.2, 0.25) is 0 Å². The molecule has 1 aromatic carbocycles. The summed E-state index contributed by atoms with van der Waals surface area (Å²) in [5, 5.41) is 0. The molecule has 0 saturated carbocycles. The predicted octanol–water partition coefficient (Wildman–Crippen LogP) is 2.42. The quantitative estimate of drug-likeness (QED) is 0.750. The lowest BCUT2D eigenvalue weighted by Gasteiger charge is -2.35. The Morgan fingerprint density at radius 3 is 2.24 bits per heavy atom. The second-order valence-corrected chi connectivity index (χ2v) is 4.90. The van der Waals surface area contributed by atoms with E-state index in [2.05, 4.69) is 32.9 Å². The average Bonchev–Trinajstić information content (AvgIpc) is 2.41. The standard InChI is InChI=1S/C14H22O2Si/c1-4-14(5-2,13(15)16-17)11(3)12-9-7-6-8-10-12/h6-11H,4-5H2,1-3,17H3. The predicted molar refractivity (Wildman–Crippen MR) is 73.9 cm³/mol. The lowest BCUT2D eigenvalue weighted by Crippen LogP contribution is -2.36. The molecule has 1 rings (SSSR count). The van der Waals surface area contributed by atoms with E-state index in [9.17, 15) is 4.79 Å². The fourth-order valence-corrected chi connectivity index (χ4v) is 3.00. The molecule has 0 aromatic heterocycles. The van der Waals surface area contributed by atoms with E-state index in [0.29, 0.717) is 10.5 Å². The molecule has 0 aliphatic carbocycles. The van der Waals surface area contributed by atoms with Gasteiger partial charge in [-0.2, -0.15) is 0 Å². The summed E-state index contributed by atoms with van der Waals surface area (Å²) in [5.41, 5.74) is 0.839. The van der Waals surface area contributed by atoms with Crippen LogP contribution in [0.25, 0.3) is 0 Å². The summed E-state index contributed by atoms with van der Waals surface area (Å²) in [4.78, 5) is 12.1. The Kier molecular flexibility index (Phi) is 4.94. The van der Waals surface area contributed by atoms with Gasteiger partial charge in [0.25, 0.3) is 5.97 Å². The van der Waals surface area contributed by atoms with Crippen LogP contribution in [0, 0.1) is 5.41 Å². The molecule has 0 aliphatic heterocycles. The lowest BCUT2D eigenvalue weighted by atomic mass is 9.69. The molecular formula is C14H22O2Si.